The van der Waals surface area contributed by atoms with Crippen LogP contribution in [0.3, 0.4) is 0 Å². The van der Waals surface area contributed by atoms with Crippen molar-refractivity contribution in [3.63, 3.8) is 0 Å². The molecule has 0 atom stereocenters. The van der Waals surface area contributed by atoms with E-state index >= 15 is 0 Å². The average molecular weight is 351 g/mol. The number of ketones is 1. The normalized spacial score (nSPS) is 10.8. The average Bonchev–Trinajstić information content (AvgIpc) is 2.68. The number of hydrogen-bond donors (Lipinski definition) is 0. The molecule has 0 fully saturated rings. The molecular formula is C21H15F2NO2. The van der Waals surface area contributed by atoms with Crippen LogP contribution >= 0.6 is 0 Å². The fourth-order valence-electron chi connectivity index (χ4n) is 2.31. The molecule has 2 aromatic carbocycles. The summed E-state index contributed by atoms with van der Waals surface area (Å²) in [5.74, 6) is -1.86. The van der Waals surface area contributed by atoms with Crippen molar-refractivity contribution in [1.29, 1.82) is 0 Å². The van der Waals surface area contributed by atoms with Gasteiger partial charge in [0.1, 0.15) is 12.4 Å². The monoisotopic (exact) mass is 351 g/mol. The van der Waals surface area contributed by atoms with Gasteiger partial charge in [-0.2, -0.15) is 0 Å². The summed E-state index contributed by atoms with van der Waals surface area (Å²) in [5.41, 5.74) is 1.70. The highest BCUT2D eigenvalue weighted by Crippen LogP contribution is 2.21. The van der Waals surface area contributed by atoms with Gasteiger partial charge in [0.15, 0.2) is 17.4 Å². The Bertz CT molecular complexity index is 940. The van der Waals surface area contributed by atoms with Crippen molar-refractivity contribution in [3.05, 3.63) is 101 Å². The predicted octanol–water partition coefficient (Wildman–Crippen LogP) is 4.83. The lowest BCUT2D eigenvalue weighted by molar-refractivity contribution is 0.104. The number of benzene rings is 2. The SMILES string of the molecule is O=C(C=Cc1ccccc1OCc1cccnc1)c1ccc(F)c(F)c1. The minimum Gasteiger partial charge on any atom is -0.488 e. The van der Waals surface area contributed by atoms with Gasteiger partial charge in [-0.1, -0.05) is 24.3 Å². The number of nitrogens with zero attached hydrogens (tertiary/aromatic N) is 1. The minimum absolute atomic E-state index is 0.0777. The number of hydrogen-bond acceptors (Lipinski definition) is 3. The molecular weight excluding hydrogens is 336 g/mol. The van der Waals surface area contributed by atoms with Crippen LogP contribution in [0.5, 0.6) is 5.75 Å². The van der Waals surface area contributed by atoms with Gasteiger partial charge in [-0.25, -0.2) is 8.78 Å². The smallest absolute Gasteiger partial charge is 0.185 e. The van der Waals surface area contributed by atoms with Crippen molar-refractivity contribution >= 4 is 11.9 Å². The van der Waals surface area contributed by atoms with Gasteiger partial charge in [0.2, 0.25) is 0 Å². The molecule has 0 aliphatic rings. The van der Waals surface area contributed by atoms with Crippen LogP contribution in [0, 0.1) is 11.6 Å². The molecule has 130 valence electrons. The van der Waals surface area contributed by atoms with E-state index in [0.717, 1.165) is 17.7 Å². The molecule has 0 N–H and O–H groups in total. The Labute approximate surface area is 149 Å². The number of rotatable bonds is 6. The zero-order valence-electron chi connectivity index (χ0n) is 13.7. The number of aromatic nitrogens is 1. The van der Waals surface area contributed by atoms with Gasteiger partial charge >= 0.3 is 0 Å². The van der Waals surface area contributed by atoms with Crippen LogP contribution in [-0.2, 0) is 6.61 Å². The molecule has 1 aromatic heterocycles. The topological polar surface area (TPSA) is 39.2 Å². The molecule has 3 nitrogen and oxygen atoms in total. The number of pyridine rings is 1. The first-order chi connectivity index (χ1) is 12.6. The van der Waals surface area contributed by atoms with Gasteiger partial charge in [0.05, 0.1) is 0 Å². The van der Waals surface area contributed by atoms with Crippen LogP contribution in [0.15, 0.2) is 73.1 Å². The Hall–Kier alpha value is -3.34. The molecule has 0 aliphatic heterocycles. The third kappa shape index (κ3) is 4.39. The van der Waals surface area contributed by atoms with Gasteiger partial charge in [-0.3, -0.25) is 9.78 Å². The summed E-state index contributed by atoms with van der Waals surface area (Å²) in [6.45, 7) is 0.343. The Morgan fingerprint density at radius 2 is 1.88 bits per heavy atom. The van der Waals surface area contributed by atoms with E-state index in [-0.39, 0.29) is 5.56 Å². The van der Waals surface area contributed by atoms with Crippen molar-refractivity contribution < 1.29 is 18.3 Å². The van der Waals surface area contributed by atoms with Crippen molar-refractivity contribution in [2.24, 2.45) is 0 Å². The largest absolute Gasteiger partial charge is 0.488 e. The number of halogens is 2. The molecule has 0 saturated carbocycles. The number of para-hydroxylation sites is 1. The van der Waals surface area contributed by atoms with E-state index in [1.807, 2.05) is 24.3 Å². The lowest BCUT2D eigenvalue weighted by Gasteiger charge is -2.09. The summed E-state index contributed by atoms with van der Waals surface area (Å²) in [6.07, 6.45) is 6.29. The van der Waals surface area contributed by atoms with Gasteiger partial charge in [-0.05, 0) is 42.5 Å². The van der Waals surface area contributed by atoms with Crippen LogP contribution in [0.25, 0.3) is 6.08 Å². The Kier molecular flexibility index (Phi) is 5.49. The van der Waals surface area contributed by atoms with Crippen molar-refractivity contribution in [2.75, 3.05) is 0 Å². The molecule has 0 radical (unpaired) electrons. The zero-order chi connectivity index (χ0) is 18.4. The summed E-state index contributed by atoms with van der Waals surface area (Å²) in [6, 6.07) is 14.0. The van der Waals surface area contributed by atoms with Crippen LogP contribution in [-0.4, -0.2) is 10.8 Å². The highest BCUT2D eigenvalue weighted by molar-refractivity contribution is 6.06. The molecule has 0 bridgehead atoms. The summed E-state index contributed by atoms with van der Waals surface area (Å²) >= 11 is 0. The molecule has 0 saturated heterocycles. The zero-order valence-corrected chi connectivity index (χ0v) is 13.7. The number of carbonyl (C=O) groups excluding carboxylic acids is 1. The van der Waals surface area contributed by atoms with E-state index in [9.17, 15) is 13.6 Å². The molecule has 0 amide bonds. The van der Waals surface area contributed by atoms with Gasteiger partial charge in [0, 0.05) is 29.1 Å². The first kappa shape index (κ1) is 17.5. The van der Waals surface area contributed by atoms with Crippen LogP contribution in [0.4, 0.5) is 8.78 Å². The van der Waals surface area contributed by atoms with Crippen molar-refractivity contribution in [1.82, 2.24) is 4.98 Å². The summed E-state index contributed by atoms with van der Waals surface area (Å²) in [5, 5.41) is 0. The predicted molar refractivity (Wildman–Crippen MR) is 94.7 cm³/mol. The lowest BCUT2D eigenvalue weighted by atomic mass is 10.1. The second kappa shape index (κ2) is 8.16. The van der Waals surface area contributed by atoms with E-state index in [2.05, 4.69) is 4.98 Å². The first-order valence-corrected chi connectivity index (χ1v) is 7.91. The molecule has 0 unspecified atom stereocenters. The van der Waals surface area contributed by atoms with Crippen molar-refractivity contribution in [3.8, 4) is 5.75 Å². The maximum atomic E-state index is 13.3. The fourth-order valence-corrected chi connectivity index (χ4v) is 2.31. The van der Waals surface area contributed by atoms with Crippen LogP contribution in [0.2, 0.25) is 0 Å². The summed E-state index contributed by atoms with van der Waals surface area (Å²) in [4.78, 5) is 16.2. The van der Waals surface area contributed by atoms with Gasteiger partial charge < -0.3 is 4.74 Å². The Morgan fingerprint density at radius 3 is 2.65 bits per heavy atom. The van der Waals surface area contributed by atoms with E-state index < -0.39 is 17.4 Å². The molecule has 3 rings (SSSR count). The Balaban J connectivity index is 1.73. The minimum atomic E-state index is -1.05. The third-order valence-corrected chi connectivity index (χ3v) is 3.65. The maximum Gasteiger partial charge on any atom is 0.185 e. The quantitative estimate of drug-likeness (QED) is 0.471. The molecule has 1 heterocycles. The third-order valence-electron chi connectivity index (χ3n) is 3.65. The molecule has 5 heteroatoms. The van der Waals surface area contributed by atoms with Crippen LogP contribution < -0.4 is 4.74 Å². The molecule has 26 heavy (non-hydrogen) atoms. The molecule has 0 aliphatic carbocycles. The number of ether oxygens (including phenoxy) is 1. The Morgan fingerprint density at radius 1 is 1.04 bits per heavy atom. The van der Waals surface area contributed by atoms with E-state index in [1.165, 1.54) is 12.1 Å². The standard InChI is InChI=1S/C21H15F2NO2/c22-18-9-7-17(12-19(18)23)20(25)10-8-16-5-1-2-6-21(16)26-14-15-4-3-11-24-13-15/h1-13H,14H2. The highest BCUT2D eigenvalue weighted by Gasteiger charge is 2.08. The molecule has 3 aromatic rings. The first-order valence-electron chi connectivity index (χ1n) is 7.91. The number of allylic oxidation sites excluding steroid dienone is 1. The van der Waals surface area contributed by atoms with Crippen LogP contribution in [0.1, 0.15) is 21.5 Å². The number of carbonyl (C=O) groups is 1. The second-order valence-corrected chi connectivity index (χ2v) is 5.51. The lowest BCUT2D eigenvalue weighted by Crippen LogP contribution is -1.98. The summed E-state index contributed by atoms with van der Waals surface area (Å²) < 4.78 is 32.0. The van der Waals surface area contributed by atoms with Gasteiger partial charge in [-0.15, -0.1) is 0 Å². The van der Waals surface area contributed by atoms with Gasteiger partial charge in [0.25, 0.3) is 0 Å². The van der Waals surface area contributed by atoms with E-state index in [0.29, 0.717) is 17.9 Å². The van der Waals surface area contributed by atoms with Crippen molar-refractivity contribution in [2.45, 2.75) is 6.61 Å². The van der Waals surface area contributed by atoms with E-state index in [1.54, 1.807) is 30.6 Å². The fraction of sp³-hybridized carbons (Fsp3) is 0.0476. The summed E-state index contributed by atoms with van der Waals surface area (Å²) in [7, 11) is 0. The molecule has 0 spiro atoms. The van der Waals surface area contributed by atoms with E-state index in [4.69, 9.17) is 4.74 Å². The maximum absolute atomic E-state index is 13.3. The second-order valence-electron chi connectivity index (χ2n) is 5.51. The highest BCUT2D eigenvalue weighted by atomic mass is 19.2.